The number of hydrogen-bond donors (Lipinski definition) is 2. The van der Waals surface area contributed by atoms with Gasteiger partial charge in [-0.15, -0.1) is 0 Å². The van der Waals surface area contributed by atoms with Crippen molar-refractivity contribution in [2.24, 2.45) is 10.7 Å². The summed E-state index contributed by atoms with van der Waals surface area (Å²) in [6.07, 6.45) is 2.15. The molecule has 0 spiro atoms. The SMILES string of the molecule is COCCCOc1ccc(C(=O)Nc2ccc(F)c(C3(C)CC(=O)N(C)C(N)=N3)c2)nc1. The summed E-state index contributed by atoms with van der Waals surface area (Å²) >= 11 is 0. The molecule has 10 heteroatoms. The molecule has 3 rings (SSSR count). The van der Waals surface area contributed by atoms with Crippen LogP contribution in [0.25, 0.3) is 0 Å². The van der Waals surface area contributed by atoms with E-state index in [1.807, 2.05) is 0 Å². The third-order valence-electron chi connectivity index (χ3n) is 5.11. The monoisotopic (exact) mass is 443 g/mol. The number of halogens is 1. The van der Waals surface area contributed by atoms with Crippen molar-refractivity contribution in [3.05, 3.63) is 53.6 Å². The molecule has 1 aliphatic rings. The van der Waals surface area contributed by atoms with Gasteiger partial charge in [-0.1, -0.05) is 0 Å². The maximum Gasteiger partial charge on any atom is 0.274 e. The number of methoxy groups -OCH3 is 1. The summed E-state index contributed by atoms with van der Waals surface area (Å²) in [5.41, 5.74) is 5.31. The molecule has 32 heavy (non-hydrogen) atoms. The first-order valence-electron chi connectivity index (χ1n) is 10.0. The van der Waals surface area contributed by atoms with Crippen LogP contribution in [-0.2, 0) is 15.1 Å². The molecular weight excluding hydrogens is 417 g/mol. The van der Waals surface area contributed by atoms with E-state index in [1.54, 1.807) is 20.1 Å². The number of benzene rings is 1. The highest BCUT2D eigenvalue weighted by atomic mass is 19.1. The summed E-state index contributed by atoms with van der Waals surface area (Å²) in [4.78, 5) is 34.5. The van der Waals surface area contributed by atoms with E-state index >= 15 is 0 Å². The molecule has 0 saturated carbocycles. The van der Waals surface area contributed by atoms with E-state index in [0.29, 0.717) is 24.7 Å². The number of ether oxygens (including phenoxy) is 2. The Morgan fingerprint density at radius 1 is 1.31 bits per heavy atom. The maximum absolute atomic E-state index is 14.6. The summed E-state index contributed by atoms with van der Waals surface area (Å²) in [5.74, 6) is -0.750. The molecule has 2 heterocycles. The molecule has 1 aromatic heterocycles. The van der Waals surface area contributed by atoms with Gasteiger partial charge in [0, 0.05) is 38.4 Å². The van der Waals surface area contributed by atoms with Gasteiger partial charge < -0.3 is 20.5 Å². The highest BCUT2D eigenvalue weighted by Crippen LogP contribution is 2.35. The number of rotatable bonds is 8. The van der Waals surface area contributed by atoms with Gasteiger partial charge in [-0.2, -0.15) is 0 Å². The lowest BCUT2D eigenvalue weighted by Crippen LogP contribution is -2.47. The van der Waals surface area contributed by atoms with Crippen LogP contribution in [-0.4, -0.2) is 55.0 Å². The Morgan fingerprint density at radius 2 is 2.09 bits per heavy atom. The Morgan fingerprint density at radius 3 is 2.75 bits per heavy atom. The number of guanidine groups is 1. The van der Waals surface area contributed by atoms with Crippen molar-refractivity contribution in [1.29, 1.82) is 0 Å². The molecule has 0 aliphatic carbocycles. The van der Waals surface area contributed by atoms with Crippen LogP contribution in [0.4, 0.5) is 10.1 Å². The zero-order chi connectivity index (χ0) is 23.3. The summed E-state index contributed by atoms with van der Waals surface area (Å²) in [5, 5.41) is 2.69. The zero-order valence-electron chi connectivity index (χ0n) is 18.2. The van der Waals surface area contributed by atoms with Crippen LogP contribution in [0, 0.1) is 5.82 Å². The van der Waals surface area contributed by atoms with Gasteiger partial charge in [0.15, 0.2) is 5.96 Å². The van der Waals surface area contributed by atoms with E-state index < -0.39 is 17.3 Å². The Kier molecular flexibility index (Phi) is 7.04. The van der Waals surface area contributed by atoms with E-state index in [-0.39, 0.29) is 29.5 Å². The number of aliphatic imine (C=N–C) groups is 1. The normalized spacial score (nSPS) is 18.3. The van der Waals surface area contributed by atoms with Crippen LogP contribution in [0.5, 0.6) is 5.75 Å². The lowest BCUT2D eigenvalue weighted by Gasteiger charge is -2.34. The number of amides is 2. The number of pyridine rings is 1. The minimum Gasteiger partial charge on any atom is -0.492 e. The number of anilines is 1. The van der Waals surface area contributed by atoms with Gasteiger partial charge >= 0.3 is 0 Å². The van der Waals surface area contributed by atoms with Gasteiger partial charge in [0.05, 0.1) is 24.8 Å². The van der Waals surface area contributed by atoms with Crippen LogP contribution in [0.3, 0.4) is 0 Å². The summed E-state index contributed by atoms with van der Waals surface area (Å²) < 4.78 is 25.1. The van der Waals surface area contributed by atoms with Gasteiger partial charge in [-0.25, -0.2) is 14.4 Å². The highest BCUT2D eigenvalue weighted by Gasteiger charge is 2.38. The van der Waals surface area contributed by atoms with E-state index in [9.17, 15) is 14.0 Å². The van der Waals surface area contributed by atoms with Crippen molar-refractivity contribution in [3.63, 3.8) is 0 Å². The summed E-state index contributed by atoms with van der Waals surface area (Å²) in [7, 11) is 3.13. The van der Waals surface area contributed by atoms with Gasteiger partial charge in [0.25, 0.3) is 5.91 Å². The Bertz CT molecular complexity index is 1030. The van der Waals surface area contributed by atoms with Gasteiger partial charge in [0.1, 0.15) is 17.3 Å². The topological polar surface area (TPSA) is 119 Å². The second-order valence-corrected chi connectivity index (χ2v) is 7.60. The number of nitrogens with two attached hydrogens (primary N) is 1. The van der Waals surface area contributed by atoms with Crippen molar-refractivity contribution in [2.45, 2.75) is 25.3 Å². The molecule has 0 fully saturated rings. The third-order valence-corrected chi connectivity index (χ3v) is 5.11. The fourth-order valence-corrected chi connectivity index (χ4v) is 3.27. The van der Waals surface area contributed by atoms with Crippen LogP contribution in [0.15, 0.2) is 41.5 Å². The molecule has 170 valence electrons. The minimum atomic E-state index is -1.18. The number of hydrogen-bond acceptors (Lipinski definition) is 7. The molecule has 1 unspecified atom stereocenters. The quantitative estimate of drug-likeness (QED) is 0.604. The summed E-state index contributed by atoms with van der Waals surface area (Å²) in [6, 6.07) is 7.28. The van der Waals surface area contributed by atoms with E-state index in [1.165, 1.54) is 42.4 Å². The lowest BCUT2D eigenvalue weighted by atomic mass is 9.87. The number of carbonyl (C=O) groups excluding carboxylic acids is 2. The van der Waals surface area contributed by atoms with Gasteiger partial charge in [0.2, 0.25) is 5.91 Å². The molecule has 0 bridgehead atoms. The minimum absolute atomic E-state index is 0.00585. The third kappa shape index (κ3) is 5.20. The Hall–Kier alpha value is -3.53. The first kappa shape index (κ1) is 23.1. The predicted molar refractivity (Wildman–Crippen MR) is 117 cm³/mol. The average molecular weight is 443 g/mol. The van der Waals surface area contributed by atoms with Crippen molar-refractivity contribution >= 4 is 23.5 Å². The van der Waals surface area contributed by atoms with E-state index in [0.717, 1.165) is 6.42 Å². The fraction of sp³-hybridized carbons (Fsp3) is 0.364. The van der Waals surface area contributed by atoms with Gasteiger partial charge in [-0.05, 0) is 37.3 Å². The first-order valence-corrected chi connectivity index (χ1v) is 10.0. The first-order chi connectivity index (χ1) is 15.2. The second-order valence-electron chi connectivity index (χ2n) is 7.60. The number of nitrogens with one attached hydrogen (secondary N) is 1. The largest absolute Gasteiger partial charge is 0.492 e. The summed E-state index contributed by atoms with van der Waals surface area (Å²) in [6.45, 7) is 2.69. The Balaban J connectivity index is 1.73. The molecule has 3 N–H and O–H groups in total. The zero-order valence-corrected chi connectivity index (χ0v) is 18.2. The molecule has 0 saturated heterocycles. The van der Waals surface area contributed by atoms with Crippen LogP contribution >= 0.6 is 0 Å². The van der Waals surface area contributed by atoms with Crippen LogP contribution in [0.1, 0.15) is 35.8 Å². The predicted octanol–water partition coefficient (Wildman–Crippen LogP) is 2.28. The average Bonchev–Trinajstić information content (AvgIpc) is 2.76. The molecule has 0 radical (unpaired) electrons. The molecule has 1 atom stereocenters. The van der Waals surface area contributed by atoms with Gasteiger partial charge in [-0.3, -0.25) is 14.5 Å². The molecule has 2 amide bonds. The van der Waals surface area contributed by atoms with Crippen molar-refractivity contribution in [3.8, 4) is 5.75 Å². The smallest absolute Gasteiger partial charge is 0.274 e. The van der Waals surface area contributed by atoms with Crippen molar-refractivity contribution in [1.82, 2.24) is 9.88 Å². The van der Waals surface area contributed by atoms with Crippen LogP contribution < -0.4 is 15.8 Å². The van der Waals surface area contributed by atoms with Crippen molar-refractivity contribution < 1.29 is 23.5 Å². The van der Waals surface area contributed by atoms with Crippen LogP contribution in [0.2, 0.25) is 0 Å². The standard InChI is InChI=1S/C22H26FN5O4/c1-22(12-19(29)28(2)21(24)27-22)16-11-14(5-7-17(16)23)26-20(30)18-8-6-15(13-25-18)32-10-4-9-31-3/h5-8,11,13H,4,9-10,12H2,1-3H3,(H2,24,27)(H,26,30). The highest BCUT2D eigenvalue weighted by molar-refractivity contribution is 6.03. The maximum atomic E-state index is 14.6. The van der Waals surface area contributed by atoms with E-state index in [2.05, 4.69) is 15.3 Å². The number of aromatic nitrogens is 1. The molecule has 2 aromatic rings. The van der Waals surface area contributed by atoms with Crippen molar-refractivity contribution in [2.75, 3.05) is 32.7 Å². The molecule has 9 nitrogen and oxygen atoms in total. The fourth-order valence-electron chi connectivity index (χ4n) is 3.27. The number of carbonyl (C=O) groups is 2. The second kappa shape index (κ2) is 9.73. The Labute approximate surface area is 185 Å². The molecule has 1 aliphatic heterocycles. The van der Waals surface area contributed by atoms with E-state index in [4.69, 9.17) is 15.2 Å². The number of nitrogens with zero attached hydrogens (tertiary/aromatic N) is 3. The molecular formula is C22H26FN5O4. The molecule has 1 aromatic carbocycles. The lowest BCUT2D eigenvalue weighted by molar-refractivity contribution is -0.128.